The van der Waals surface area contributed by atoms with E-state index in [4.69, 9.17) is 4.74 Å². The summed E-state index contributed by atoms with van der Waals surface area (Å²) in [6, 6.07) is 11.6. The maximum Gasteiger partial charge on any atom is 0.349 e. The van der Waals surface area contributed by atoms with Crippen LogP contribution in [0, 0.1) is 6.92 Å². The molecule has 1 unspecified atom stereocenters. The van der Waals surface area contributed by atoms with Crippen LogP contribution in [0.2, 0.25) is 0 Å². The molecule has 1 atom stereocenters. The molecule has 25 heavy (non-hydrogen) atoms. The summed E-state index contributed by atoms with van der Waals surface area (Å²) in [5.74, 6) is -0.747. The molecule has 3 aromatic rings. The van der Waals surface area contributed by atoms with Crippen LogP contribution in [0.5, 0.6) is 11.6 Å². The number of phenols is 1. The number of carboxylic acids is 1. The fourth-order valence-electron chi connectivity index (χ4n) is 2.29. The molecule has 0 radical (unpaired) electrons. The van der Waals surface area contributed by atoms with E-state index in [1.807, 2.05) is 0 Å². The Labute approximate surface area is 143 Å². The van der Waals surface area contributed by atoms with E-state index in [-0.39, 0.29) is 22.6 Å². The van der Waals surface area contributed by atoms with Crippen LogP contribution in [-0.4, -0.2) is 37.1 Å². The maximum absolute atomic E-state index is 11.6. The van der Waals surface area contributed by atoms with Crippen LogP contribution in [0.15, 0.2) is 48.8 Å². The fourth-order valence-corrected chi connectivity index (χ4v) is 2.29. The van der Waals surface area contributed by atoms with Crippen LogP contribution in [-0.2, 0) is 4.79 Å². The molecule has 0 bridgehead atoms. The van der Waals surface area contributed by atoms with Gasteiger partial charge < -0.3 is 25.9 Å². The summed E-state index contributed by atoms with van der Waals surface area (Å²) in [6.07, 6.45) is 0.148. The normalized spacial score (nSPS) is 11.1. The molecule has 1 heterocycles. The SMILES string of the molecule is Cc1cc(OC(C(=O)O)c2ccc3cc(O)ccc3c2)ncn1.O.O. The Morgan fingerprint density at radius 3 is 2.40 bits per heavy atom. The molecule has 0 fully saturated rings. The van der Waals surface area contributed by atoms with E-state index >= 15 is 0 Å². The smallest absolute Gasteiger partial charge is 0.349 e. The number of aliphatic carboxylic acids is 1. The summed E-state index contributed by atoms with van der Waals surface area (Å²) in [7, 11) is 0. The predicted octanol–water partition coefficient (Wildman–Crippen LogP) is 1.20. The number of benzene rings is 2. The Bertz CT molecular complexity index is 884. The van der Waals surface area contributed by atoms with Crippen molar-refractivity contribution in [2.75, 3.05) is 0 Å². The summed E-state index contributed by atoms with van der Waals surface area (Å²) in [6.45, 7) is 1.77. The van der Waals surface area contributed by atoms with E-state index < -0.39 is 12.1 Å². The Morgan fingerprint density at radius 2 is 1.72 bits per heavy atom. The van der Waals surface area contributed by atoms with Crippen molar-refractivity contribution in [2.24, 2.45) is 0 Å². The van der Waals surface area contributed by atoms with Crippen molar-refractivity contribution in [1.29, 1.82) is 0 Å². The van der Waals surface area contributed by atoms with Crippen molar-refractivity contribution >= 4 is 16.7 Å². The van der Waals surface area contributed by atoms with Crippen LogP contribution >= 0.6 is 0 Å². The number of phenolic OH excluding ortho intramolecular Hbond substituents is 1. The third kappa shape index (κ3) is 4.40. The number of carbonyl (C=O) groups is 1. The number of aromatic nitrogens is 2. The zero-order valence-corrected chi connectivity index (χ0v) is 13.3. The molecule has 0 amide bonds. The second-order valence-electron chi connectivity index (χ2n) is 5.12. The minimum absolute atomic E-state index is 0. The molecule has 6 N–H and O–H groups in total. The number of hydrogen-bond acceptors (Lipinski definition) is 5. The molecule has 2 aromatic carbocycles. The highest BCUT2D eigenvalue weighted by molar-refractivity contribution is 5.86. The number of hydrogen-bond donors (Lipinski definition) is 2. The first-order chi connectivity index (χ1) is 11.0. The predicted molar refractivity (Wildman–Crippen MR) is 90.6 cm³/mol. The number of rotatable bonds is 4. The van der Waals surface area contributed by atoms with Gasteiger partial charge in [-0.05, 0) is 35.9 Å². The molecule has 0 spiro atoms. The molecule has 0 saturated heterocycles. The minimum atomic E-state index is -1.18. The van der Waals surface area contributed by atoms with E-state index in [2.05, 4.69) is 9.97 Å². The summed E-state index contributed by atoms with van der Waals surface area (Å²) in [5, 5.41) is 20.6. The van der Waals surface area contributed by atoms with Gasteiger partial charge >= 0.3 is 5.97 Å². The van der Waals surface area contributed by atoms with Gasteiger partial charge in [-0.1, -0.05) is 18.2 Å². The van der Waals surface area contributed by atoms with E-state index in [1.54, 1.807) is 49.4 Å². The molecule has 3 rings (SSSR count). The van der Waals surface area contributed by atoms with Crippen molar-refractivity contribution in [1.82, 2.24) is 9.97 Å². The van der Waals surface area contributed by atoms with Crippen LogP contribution < -0.4 is 4.74 Å². The highest BCUT2D eigenvalue weighted by atomic mass is 16.5. The Hall–Kier alpha value is -3.23. The van der Waals surface area contributed by atoms with E-state index in [0.717, 1.165) is 10.8 Å². The zero-order chi connectivity index (χ0) is 16.4. The van der Waals surface area contributed by atoms with Gasteiger partial charge in [-0.2, -0.15) is 0 Å². The molecular formula is C17H18N2O6. The van der Waals surface area contributed by atoms with Crippen LogP contribution in [0.25, 0.3) is 10.8 Å². The van der Waals surface area contributed by atoms with Crippen molar-refractivity contribution in [3.8, 4) is 11.6 Å². The molecule has 132 valence electrons. The quantitative estimate of drug-likeness (QED) is 0.723. The Balaban J connectivity index is 0.00000156. The lowest BCUT2D eigenvalue weighted by atomic mass is 10.0. The first kappa shape index (κ1) is 19.8. The van der Waals surface area contributed by atoms with Crippen molar-refractivity contribution in [3.63, 3.8) is 0 Å². The molecule has 0 aliphatic carbocycles. The maximum atomic E-state index is 11.6. The Kier molecular flexibility index (Phi) is 6.38. The monoisotopic (exact) mass is 346 g/mol. The number of nitrogens with zero attached hydrogens (tertiary/aromatic N) is 2. The molecular weight excluding hydrogens is 328 g/mol. The van der Waals surface area contributed by atoms with Gasteiger partial charge in [0.25, 0.3) is 0 Å². The molecule has 8 heteroatoms. The highest BCUT2D eigenvalue weighted by Gasteiger charge is 2.23. The van der Waals surface area contributed by atoms with Gasteiger partial charge in [0.2, 0.25) is 12.0 Å². The fraction of sp³-hybridized carbons (Fsp3) is 0.118. The van der Waals surface area contributed by atoms with E-state index in [1.165, 1.54) is 6.33 Å². The molecule has 0 aliphatic rings. The third-order valence-electron chi connectivity index (χ3n) is 3.39. The number of fused-ring (bicyclic) bond motifs is 1. The van der Waals surface area contributed by atoms with Gasteiger partial charge in [0, 0.05) is 17.3 Å². The number of carboxylic acid groups (broad SMARTS) is 1. The van der Waals surface area contributed by atoms with Crippen LogP contribution in [0.4, 0.5) is 0 Å². The van der Waals surface area contributed by atoms with Gasteiger partial charge in [0.05, 0.1) is 0 Å². The van der Waals surface area contributed by atoms with Gasteiger partial charge in [-0.3, -0.25) is 0 Å². The lowest BCUT2D eigenvalue weighted by Crippen LogP contribution is -2.18. The Morgan fingerprint density at radius 1 is 1.04 bits per heavy atom. The zero-order valence-electron chi connectivity index (χ0n) is 13.3. The van der Waals surface area contributed by atoms with Gasteiger partial charge in [0.15, 0.2) is 0 Å². The third-order valence-corrected chi connectivity index (χ3v) is 3.39. The lowest BCUT2D eigenvalue weighted by Gasteiger charge is -2.15. The number of aryl methyl sites for hydroxylation is 1. The van der Waals surface area contributed by atoms with Crippen molar-refractivity contribution in [3.05, 3.63) is 60.0 Å². The first-order valence-electron chi connectivity index (χ1n) is 6.94. The van der Waals surface area contributed by atoms with Gasteiger partial charge in [0.1, 0.15) is 12.1 Å². The largest absolute Gasteiger partial charge is 0.508 e. The van der Waals surface area contributed by atoms with Gasteiger partial charge in [-0.25, -0.2) is 14.8 Å². The van der Waals surface area contributed by atoms with Crippen molar-refractivity contribution < 1.29 is 30.7 Å². The molecule has 0 saturated carbocycles. The molecule has 8 nitrogen and oxygen atoms in total. The summed E-state index contributed by atoms with van der Waals surface area (Å²) in [4.78, 5) is 19.5. The van der Waals surface area contributed by atoms with Crippen molar-refractivity contribution in [2.45, 2.75) is 13.0 Å². The van der Waals surface area contributed by atoms with E-state index in [9.17, 15) is 15.0 Å². The summed E-state index contributed by atoms with van der Waals surface area (Å²) in [5.41, 5.74) is 1.18. The standard InChI is InChI=1S/C17H14N2O4.2H2O/c1-10-6-15(19-9-18-10)23-16(17(21)22)13-3-2-12-8-14(20)5-4-11(12)7-13;;/h2-9,16,20H,1H3,(H,21,22);2*1H2. The summed E-state index contributed by atoms with van der Waals surface area (Å²) < 4.78 is 5.52. The topological polar surface area (TPSA) is 156 Å². The first-order valence-corrected chi connectivity index (χ1v) is 6.94. The lowest BCUT2D eigenvalue weighted by molar-refractivity contribution is -0.145. The van der Waals surface area contributed by atoms with Crippen LogP contribution in [0.1, 0.15) is 17.4 Å². The molecule has 1 aromatic heterocycles. The average Bonchev–Trinajstić information content (AvgIpc) is 2.52. The van der Waals surface area contributed by atoms with Crippen LogP contribution in [0.3, 0.4) is 0 Å². The summed E-state index contributed by atoms with van der Waals surface area (Å²) >= 11 is 0. The number of aromatic hydroxyl groups is 1. The minimum Gasteiger partial charge on any atom is -0.508 e. The second-order valence-corrected chi connectivity index (χ2v) is 5.12. The van der Waals surface area contributed by atoms with E-state index in [0.29, 0.717) is 11.3 Å². The second kappa shape index (κ2) is 8.04. The van der Waals surface area contributed by atoms with Gasteiger partial charge in [-0.15, -0.1) is 0 Å². The molecule has 0 aliphatic heterocycles. The highest BCUT2D eigenvalue weighted by Crippen LogP contribution is 2.26. The average molecular weight is 346 g/mol. The number of ether oxygens (including phenoxy) is 1.